The Balaban J connectivity index is 2.30. The molecule has 0 saturated heterocycles. The Morgan fingerprint density at radius 2 is 1.65 bits per heavy atom. The molecule has 2 N–H and O–H groups in total. The van der Waals surface area contributed by atoms with Gasteiger partial charge in [0.25, 0.3) is 5.91 Å². The van der Waals surface area contributed by atoms with Gasteiger partial charge >= 0.3 is 0 Å². The highest BCUT2D eigenvalue weighted by Gasteiger charge is 2.13. The van der Waals surface area contributed by atoms with Crippen LogP contribution in [0.25, 0.3) is 6.08 Å². The lowest BCUT2D eigenvalue weighted by Gasteiger charge is -2.11. The third-order valence-electron chi connectivity index (χ3n) is 3.38. The Bertz CT molecular complexity index is 832. The smallest absolute Gasteiger partial charge is 0.272 e. The van der Waals surface area contributed by atoms with E-state index >= 15 is 0 Å². The summed E-state index contributed by atoms with van der Waals surface area (Å²) in [5.74, 6) is 0.262. The molecule has 26 heavy (non-hydrogen) atoms. The third-order valence-corrected chi connectivity index (χ3v) is 3.63. The molecule has 0 atom stereocenters. The van der Waals surface area contributed by atoms with Crippen LogP contribution in [0.4, 0.5) is 5.69 Å². The molecule has 7 heteroatoms. The maximum absolute atomic E-state index is 12.5. The van der Waals surface area contributed by atoms with E-state index in [1.807, 2.05) is 0 Å². The summed E-state index contributed by atoms with van der Waals surface area (Å²) in [4.78, 5) is 24.0. The van der Waals surface area contributed by atoms with Gasteiger partial charge in [0.05, 0.1) is 14.2 Å². The number of amides is 2. The molecule has 6 nitrogen and oxygen atoms in total. The number of carbonyl (C=O) groups is 2. The number of halogens is 1. The van der Waals surface area contributed by atoms with Gasteiger partial charge in [0.1, 0.15) is 5.70 Å². The topological polar surface area (TPSA) is 76.7 Å². The highest BCUT2D eigenvalue weighted by molar-refractivity contribution is 6.30. The molecule has 0 aromatic heterocycles. The molecule has 2 aromatic rings. The summed E-state index contributed by atoms with van der Waals surface area (Å²) in [6, 6.07) is 11.8. The van der Waals surface area contributed by atoms with Gasteiger partial charge in [-0.25, -0.2) is 0 Å². The summed E-state index contributed by atoms with van der Waals surface area (Å²) < 4.78 is 10.4. The predicted octanol–water partition coefficient (Wildman–Crippen LogP) is 3.47. The predicted molar refractivity (Wildman–Crippen MR) is 101 cm³/mol. The molecule has 136 valence electrons. The van der Waals surface area contributed by atoms with Gasteiger partial charge in [0.15, 0.2) is 11.5 Å². The van der Waals surface area contributed by atoms with Crippen molar-refractivity contribution in [3.63, 3.8) is 0 Å². The number of nitrogens with one attached hydrogen (secondary N) is 2. The van der Waals surface area contributed by atoms with Crippen molar-refractivity contribution in [2.24, 2.45) is 0 Å². The molecular formula is C19H19ClN2O4. The molecule has 2 rings (SSSR count). The zero-order valence-corrected chi connectivity index (χ0v) is 15.4. The molecule has 0 radical (unpaired) electrons. The van der Waals surface area contributed by atoms with Crippen LogP contribution in [-0.4, -0.2) is 26.0 Å². The van der Waals surface area contributed by atoms with Crippen molar-refractivity contribution in [3.05, 3.63) is 58.7 Å². The third kappa shape index (κ3) is 5.26. The highest BCUT2D eigenvalue weighted by atomic mass is 35.5. The summed E-state index contributed by atoms with van der Waals surface area (Å²) in [5.41, 5.74) is 1.32. The zero-order chi connectivity index (χ0) is 19.1. The minimum Gasteiger partial charge on any atom is -0.493 e. The standard InChI is InChI=1S/C19H19ClN2O4/c1-12(23)21-16(19(24)22-15-7-5-14(20)6-8-15)10-13-4-9-17(25-2)18(11-13)26-3/h4-11H,1-3H3,(H,21,23)(H,22,24)/b16-10+. The first-order valence-corrected chi connectivity index (χ1v) is 8.09. The number of hydrogen-bond donors (Lipinski definition) is 2. The van der Waals surface area contributed by atoms with E-state index in [2.05, 4.69) is 10.6 Å². The molecule has 0 aliphatic rings. The van der Waals surface area contributed by atoms with Gasteiger partial charge in [0.2, 0.25) is 5.91 Å². The second-order valence-corrected chi connectivity index (χ2v) is 5.75. The van der Waals surface area contributed by atoms with E-state index in [-0.39, 0.29) is 11.6 Å². The number of methoxy groups -OCH3 is 2. The molecule has 2 aromatic carbocycles. The molecule has 0 fully saturated rings. The zero-order valence-electron chi connectivity index (χ0n) is 14.6. The summed E-state index contributed by atoms with van der Waals surface area (Å²) >= 11 is 5.84. The molecule has 0 aliphatic heterocycles. The highest BCUT2D eigenvalue weighted by Crippen LogP contribution is 2.28. The number of rotatable bonds is 6. The van der Waals surface area contributed by atoms with Gasteiger partial charge in [0, 0.05) is 17.6 Å². The van der Waals surface area contributed by atoms with E-state index in [9.17, 15) is 9.59 Å². The first kappa shape index (κ1) is 19.3. The second kappa shape index (κ2) is 8.92. The van der Waals surface area contributed by atoms with E-state index in [1.165, 1.54) is 21.1 Å². The number of hydrogen-bond acceptors (Lipinski definition) is 4. The minimum absolute atomic E-state index is 0.0969. The lowest BCUT2D eigenvalue weighted by atomic mass is 10.1. The van der Waals surface area contributed by atoms with Crippen LogP contribution in [0.15, 0.2) is 48.2 Å². The lowest BCUT2D eigenvalue weighted by molar-refractivity contribution is -0.120. The largest absolute Gasteiger partial charge is 0.493 e. The Morgan fingerprint density at radius 3 is 2.23 bits per heavy atom. The molecular weight excluding hydrogens is 356 g/mol. The van der Waals surface area contributed by atoms with E-state index < -0.39 is 5.91 Å². The summed E-state index contributed by atoms with van der Waals surface area (Å²) in [5, 5.41) is 5.81. The maximum atomic E-state index is 12.5. The van der Waals surface area contributed by atoms with Crippen LogP contribution < -0.4 is 20.1 Å². The van der Waals surface area contributed by atoms with Crippen molar-refractivity contribution in [1.29, 1.82) is 0 Å². The maximum Gasteiger partial charge on any atom is 0.272 e. The molecule has 2 amide bonds. The fraction of sp³-hybridized carbons (Fsp3) is 0.158. The molecule has 0 bridgehead atoms. The Hall–Kier alpha value is -2.99. The quantitative estimate of drug-likeness (QED) is 0.759. The van der Waals surface area contributed by atoms with Crippen LogP contribution in [-0.2, 0) is 9.59 Å². The molecule has 0 spiro atoms. The fourth-order valence-corrected chi connectivity index (χ4v) is 2.31. The van der Waals surface area contributed by atoms with Gasteiger partial charge in [-0.2, -0.15) is 0 Å². The van der Waals surface area contributed by atoms with Crippen LogP contribution in [0.2, 0.25) is 5.02 Å². The van der Waals surface area contributed by atoms with Crippen molar-refractivity contribution >= 4 is 35.2 Å². The van der Waals surface area contributed by atoms with Crippen LogP contribution in [0.5, 0.6) is 11.5 Å². The average molecular weight is 375 g/mol. The Labute approximate surface area is 156 Å². The minimum atomic E-state index is -0.461. The van der Waals surface area contributed by atoms with Gasteiger partial charge in [-0.15, -0.1) is 0 Å². The molecule has 0 aliphatic carbocycles. The van der Waals surface area contributed by atoms with Crippen molar-refractivity contribution < 1.29 is 19.1 Å². The Morgan fingerprint density at radius 1 is 1.00 bits per heavy atom. The fourth-order valence-electron chi connectivity index (χ4n) is 2.19. The number of ether oxygens (including phenoxy) is 2. The van der Waals surface area contributed by atoms with E-state index in [1.54, 1.807) is 48.5 Å². The van der Waals surface area contributed by atoms with E-state index in [0.29, 0.717) is 27.8 Å². The first-order valence-electron chi connectivity index (χ1n) is 7.71. The SMILES string of the molecule is COc1ccc(/C=C(/NC(C)=O)C(=O)Nc2ccc(Cl)cc2)cc1OC. The number of benzene rings is 2. The second-order valence-electron chi connectivity index (χ2n) is 5.31. The van der Waals surface area contributed by atoms with E-state index in [0.717, 1.165) is 0 Å². The van der Waals surface area contributed by atoms with Crippen molar-refractivity contribution in [3.8, 4) is 11.5 Å². The number of carbonyl (C=O) groups excluding carboxylic acids is 2. The van der Waals surface area contributed by atoms with Crippen LogP contribution in [0.3, 0.4) is 0 Å². The van der Waals surface area contributed by atoms with Gasteiger partial charge < -0.3 is 20.1 Å². The molecule has 0 unspecified atom stereocenters. The van der Waals surface area contributed by atoms with E-state index in [4.69, 9.17) is 21.1 Å². The Kier molecular flexibility index (Phi) is 6.63. The van der Waals surface area contributed by atoms with Crippen molar-refractivity contribution in [2.45, 2.75) is 6.92 Å². The van der Waals surface area contributed by atoms with Gasteiger partial charge in [-0.3, -0.25) is 9.59 Å². The summed E-state index contributed by atoms with van der Waals surface area (Å²) in [6.07, 6.45) is 1.55. The van der Waals surface area contributed by atoms with Gasteiger partial charge in [-0.1, -0.05) is 17.7 Å². The summed E-state index contributed by atoms with van der Waals surface area (Å²) in [6.45, 7) is 1.33. The first-order chi connectivity index (χ1) is 12.4. The number of anilines is 1. The monoisotopic (exact) mass is 374 g/mol. The van der Waals surface area contributed by atoms with Crippen LogP contribution >= 0.6 is 11.6 Å². The van der Waals surface area contributed by atoms with Crippen molar-refractivity contribution in [1.82, 2.24) is 5.32 Å². The average Bonchev–Trinajstić information content (AvgIpc) is 2.62. The van der Waals surface area contributed by atoms with Crippen LogP contribution in [0.1, 0.15) is 12.5 Å². The molecule has 0 saturated carbocycles. The normalized spacial score (nSPS) is 10.8. The van der Waals surface area contributed by atoms with Gasteiger partial charge in [-0.05, 0) is 48.0 Å². The molecule has 0 heterocycles. The van der Waals surface area contributed by atoms with Crippen LogP contribution in [0, 0.1) is 0 Å². The summed E-state index contributed by atoms with van der Waals surface area (Å²) in [7, 11) is 3.06. The van der Waals surface area contributed by atoms with Crippen molar-refractivity contribution in [2.75, 3.05) is 19.5 Å². The lowest BCUT2D eigenvalue weighted by Crippen LogP contribution is -2.28.